The number of likely N-dealkylation sites (tertiary alicyclic amines) is 1. The zero-order valence-electron chi connectivity index (χ0n) is 18.1. The molecule has 27 heavy (non-hydrogen) atoms. The maximum Gasteiger partial charge on any atom is 0.174 e. The maximum absolute atomic E-state index is 12.9. The zero-order chi connectivity index (χ0) is 20.4. The highest BCUT2D eigenvalue weighted by Gasteiger charge is 2.76. The van der Waals surface area contributed by atoms with E-state index in [0.29, 0.717) is 37.6 Å². The van der Waals surface area contributed by atoms with Gasteiger partial charge in [-0.2, -0.15) is 0 Å². The van der Waals surface area contributed by atoms with Gasteiger partial charge in [0.25, 0.3) is 0 Å². The van der Waals surface area contributed by atoms with Crippen molar-refractivity contribution < 1.29 is 52.3 Å². The molecule has 1 saturated heterocycles. The Morgan fingerprint density at radius 1 is 1.37 bits per heavy atom. The van der Waals surface area contributed by atoms with Crippen molar-refractivity contribution in [3.8, 4) is 11.5 Å². The maximum atomic E-state index is 12.9. The molecular weight excluding hydrogens is 457 g/mol. The molecular formula is C21H26INO4. The minimum Gasteiger partial charge on any atom is -1.00 e. The first-order valence-electron chi connectivity index (χ1n) is 11.3. The number of hydrogen-bond donors (Lipinski definition) is 2. The number of aromatic hydroxyl groups is 1. The number of likely N-dealkylation sites (N-methyl/N-ethyl adjacent to an activating group) is 1. The molecule has 1 aromatic carbocycles. The Balaban J connectivity index is 0.00000193. The average Bonchev–Trinajstić information content (AvgIpc) is 3.38. The fourth-order valence-corrected chi connectivity index (χ4v) is 6.60. The molecule has 5 aliphatic rings. The lowest BCUT2D eigenvalue weighted by molar-refractivity contribution is -0.950. The summed E-state index contributed by atoms with van der Waals surface area (Å²) < 4.78 is 31.4. The molecule has 0 radical (unpaired) electrons. The standard InChI is InChI=1S/C21H25NO4.HI/c1-22(11-12-2-3-12)9-8-20-17-13-4-5-14(23)18(17)26-19(20)15(24)6-7-21(20,25)16(22)10-13;/h4-5,12,16,19,25H,2-3,6-11H2,1H3;1H/t16-,19+,20+,21-,22+;/m1./s1/i1D3;. The Labute approximate surface area is 180 Å². The second-order valence-electron chi connectivity index (χ2n) is 9.16. The molecule has 2 saturated carbocycles. The lowest BCUT2D eigenvalue weighted by atomic mass is 9.48. The van der Waals surface area contributed by atoms with E-state index in [-0.39, 0.29) is 52.8 Å². The van der Waals surface area contributed by atoms with Crippen molar-refractivity contribution in [3.05, 3.63) is 23.3 Å². The number of piperidine rings is 1. The Kier molecular flexibility index (Phi) is 3.00. The van der Waals surface area contributed by atoms with Crippen LogP contribution < -0.4 is 28.7 Å². The summed E-state index contributed by atoms with van der Waals surface area (Å²) in [7, 11) is 0. The topological polar surface area (TPSA) is 66.8 Å². The summed E-state index contributed by atoms with van der Waals surface area (Å²) >= 11 is 0. The summed E-state index contributed by atoms with van der Waals surface area (Å²) in [5, 5.41) is 22.7. The van der Waals surface area contributed by atoms with Gasteiger partial charge in [0.05, 0.1) is 29.6 Å². The molecule has 2 heterocycles. The van der Waals surface area contributed by atoms with Crippen molar-refractivity contribution in [2.75, 3.05) is 20.1 Å². The van der Waals surface area contributed by atoms with Gasteiger partial charge < -0.3 is 43.4 Å². The number of halogens is 1. The van der Waals surface area contributed by atoms with E-state index < -0.39 is 30.1 Å². The van der Waals surface area contributed by atoms with Crippen LogP contribution in [0.1, 0.15) is 47.3 Å². The number of ketones is 1. The fourth-order valence-electron chi connectivity index (χ4n) is 6.60. The number of aliphatic hydroxyl groups is 1. The monoisotopic (exact) mass is 486 g/mol. The van der Waals surface area contributed by atoms with E-state index >= 15 is 0 Å². The SMILES string of the molecule is [2H]C([2H])([2H])[N@@+]1(CC2CC2)CC[C@]23c4c5ccc(O)c4O[C@H]2C(=O)CC[C@@]3(O)[C@H]1C5.[I-]. The van der Waals surface area contributed by atoms with Gasteiger partial charge in [0.2, 0.25) is 0 Å². The number of nitrogens with zero attached hydrogens (tertiary/aromatic N) is 1. The van der Waals surface area contributed by atoms with Crippen molar-refractivity contribution in [2.45, 2.75) is 61.7 Å². The molecule has 2 bridgehead atoms. The van der Waals surface area contributed by atoms with E-state index in [9.17, 15) is 15.0 Å². The van der Waals surface area contributed by atoms with Crippen molar-refractivity contribution in [3.63, 3.8) is 0 Å². The van der Waals surface area contributed by atoms with Gasteiger partial charge in [-0.3, -0.25) is 4.79 Å². The van der Waals surface area contributed by atoms with Crippen molar-refractivity contribution >= 4 is 5.78 Å². The van der Waals surface area contributed by atoms with Crippen LogP contribution in [0.15, 0.2) is 12.1 Å². The number of Topliss-reactive ketones (excluding diaryl/α,β-unsaturated/α-hetero) is 1. The molecule has 3 aliphatic carbocycles. The molecule has 0 aromatic heterocycles. The first-order valence-corrected chi connectivity index (χ1v) is 9.78. The van der Waals surface area contributed by atoms with Gasteiger partial charge in [0, 0.05) is 30.7 Å². The van der Waals surface area contributed by atoms with Gasteiger partial charge in [0.1, 0.15) is 11.6 Å². The van der Waals surface area contributed by atoms with Crippen LogP contribution in [0.4, 0.5) is 0 Å². The highest BCUT2D eigenvalue weighted by molar-refractivity contribution is 5.90. The first-order chi connectivity index (χ1) is 13.6. The molecule has 2 aliphatic heterocycles. The van der Waals surface area contributed by atoms with Crippen LogP contribution in [0.5, 0.6) is 11.5 Å². The van der Waals surface area contributed by atoms with Crippen LogP contribution in [0.2, 0.25) is 0 Å². The summed E-state index contributed by atoms with van der Waals surface area (Å²) in [6.45, 7) is -1.29. The second-order valence-corrected chi connectivity index (χ2v) is 9.16. The molecule has 6 heteroatoms. The van der Waals surface area contributed by atoms with Gasteiger partial charge >= 0.3 is 0 Å². The van der Waals surface area contributed by atoms with Crippen LogP contribution in [0.25, 0.3) is 0 Å². The summed E-state index contributed by atoms with van der Waals surface area (Å²) in [6.07, 6.45) is 2.49. The number of phenols is 1. The van der Waals surface area contributed by atoms with E-state index in [0.717, 1.165) is 24.0 Å². The first kappa shape index (κ1) is 15.0. The Hall–Kier alpha value is -0.860. The van der Waals surface area contributed by atoms with E-state index in [4.69, 9.17) is 8.85 Å². The van der Waals surface area contributed by atoms with Crippen LogP contribution >= 0.6 is 0 Å². The van der Waals surface area contributed by atoms with Crippen LogP contribution in [-0.4, -0.2) is 58.3 Å². The van der Waals surface area contributed by atoms with E-state index in [1.807, 2.05) is 6.07 Å². The largest absolute Gasteiger partial charge is 1.00 e. The molecule has 5 atom stereocenters. The highest BCUT2D eigenvalue weighted by atomic mass is 127. The Bertz CT molecular complexity index is 951. The molecule has 3 fully saturated rings. The third-order valence-corrected chi connectivity index (χ3v) is 7.92. The Morgan fingerprint density at radius 3 is 2.93 bits per heavy atom. The quantitative estimate of drug-likeness (QED) is 0.402. The van der Waals surface area contributed by atoms with E-state index in [2.05, 4.69) is 0 Å². The number of quaternary nitrogens is 1. The second kappa shape index (κ2) is 5.39. The van der Waals surface area contributed by atoms with Crippen LogP contribution in [-0.2, 0) is 16.6 Å². The number of benzene rings is 1. The van der Waals surface area contributed by atoms with Crippen molar-refractivity contribution in [2.24, 2.45) is 5.92 Å². The minimum atomic E-state index is -2.24. The molecule has 0 amide bonds. The third kappa shape index (κ3) is 2.00. The minimum absolute atomic E-state index is 0. The van der Waals surface area contributed by atoms with Gasteiger partial charge in [-0.1, -0.05) is 6.07 Å². The van der Waals surface area contributed by atoms with Gasteiger partial charge in [-0.05, 0) is 30.9 Å². The summed E-state index contributed by atoms with van der Waals surface area (Å²) in [4.78, 5) is 12.9. The van der Waals surface area contributed by atoms with Gasteiger partial charge in [-0.25, -0.2) is 0 Å². The summed E-state index contributed by atoms with van der Waals surface area (Å²) in [5.74, 6) is 0.635. The molecule has 1 spiro atoms. The summed E-state index contributed by atoms with van der Waals surface area (Å²) in [5.41, 5.74) is -0.624. The average molecular weight is 486 g/mol. The number of rotatable bonds is 2. The number of carbonyl (C=O) groups is 1. The normalized spacial score (nSPS) is 45.7. The molecule has 6 rings (SSSR count). The lowest BCUT2D eigenvalue weighted by Gasteiger charge is -2.64. The number of carbonyl (C=O) groups excluding carboxylic acids is 1. The summed E-state index contributed by atoms with van der Waals surface area (Å²) in [6, 6.07) is 2.88. The van der Waals surface area contributed by atoms with E-state index in [1.54, 1.807) is 6.07 Å². The molecule has 1 aromatic rings. The molecule has 2 N–H and O–H groups in total. The van der Waals surface area contributed by atoms with Gasteiger partial charge in [0.15, 0.2) is 23.4 Å². The smallest absolute Gasteiger partial charge is 0.174 e. The van der Waals surface area contributed by atoms with Gasteiger partial charge in [-0.15, -0.1) is 0 Å². The molecule has 5 nitrogen and oxygen atoms in total. The number of phenolic OH excluding ortho intramolecular Hbond substituents is 1. The van der Waals surface area contributed by atoms with Crippen molar-refractivity contribution in [1.29, 1.82) is 0 Å². The predicted octanol–water partition coefficient (Wildman–Crippen LogP) is -1.33. The third-order valence-electron chi connectivity index (χ3n) is 7.92. The van der Waals surface area contributed by atoms with E-state index in [1.165, 1.54) is 0 Å². The lowest BCUT2D eigenvalue weighted by Crippen LogP contribution is -3.00. The number of ether oxygens (including phenoxy) is 1. The zero-order valence-corrected chi connectivity index (χ0v) is 17.2. The molecule has 0 unspecified atom stereocenters. The Morgan fingerprint density at radius 2 is 2.19 bits per heavy atom. The molecule has 146 valence electrons. The van der Waals surface area contributed by atoms with Crippen molar-refractivity contribution in [1.82, 2.24) is 0 Å². The van der Waals surface area contributed by atoms with Crippen LogP contribution in [0.3, 0.4) is 0 Å². The predicted molar refractivity (Wildman–Crippen MR) is 94.1 cm³/mol. The fraction of sp³-hybridized carbons (Fsp3) is 0.667. The van der Waals surface area contributed by atoms with Crippen LogP contribution in [0, 0.1) is 5.92 Å². The highest BCUT2D eigenvalue weighted by Crippen LogP contribution is 2.65. The number of hydrogen-bond acceptors (Lipinski definition) is 4.